The highest BCUT2D eigenvalue weighted by atomic mass is 16.4. The fraction of sp³-hybridized carbons (Fsp3) is 0.435. The molecule has 0 heterocycles. The Bertz CT molecular complexity index is 837. The van der Waals surface area contributed by atoms with Crippen LogP contribution in [-0.4, -0.2) is 21.3 Å². The maximum Gasteiger partial charge on any atom is 0.309 e. The molecule has 4 fully saturated rings. The molecule has 0 aromatic heterocycles. The number of hydrogen-bond donors (Lipinski definition) is 3. The minimum absolute atomic E-state index is 0.163. The summed E-state index contributed by atoms with van der Waals surface area (Å²) < 4.78 is 0. The van der Waals surface area contributed by atoms with Gasteiger partial charge in [-0.2, -0.15) is 0 Å². The molecular formula is C23H24O4. The van der Waals surface area contributed by atoms with Gasteiger partial charge < -0.3 is 15.3 Å². The van der Waals surface area contributed by atoms with Crippen molar-refractivity contribution >= 4 is 5.97 Å². The van der Waals surface area contributed by atoms with E-state index in [1.807, 2.05) is 24.3 Å². The summed E-state index contributed by atoms with van der Waals surface area (Å²) in [6, 6.07) is 14.8. The van der Waals surface area contributed by atoms with Crippen LogP contribution in [0.15, 0.2) is 48.5 Å². The predicted octanol–water partition coefficient (Wildman–Crippen LogP) is 4.34. The third-order valence-corrected chi connectivity index (χ3v) is 7.48. The summed E-state index contributed by atoms with van der Waals surface area (Å²) in [6.45, 7) is 0. The molecule has 4 aliphatic rings. The first kappa shape index (κ1) is 16.7. The molecule has 4 bridgehead atoms. The van der Waals surface area contributed by atoms with E-state index in [2.05, 4.69) is 0 Å². The van der Waals surface area contributed by atoms with Crippen LogP contribution in [0.3, 0.4) is 0 Å². The second kappa shape index (κ2) is 5.28. The monoisotopic (exact) mass is 364 g/mol. The maximum atomic E-state index is 12.4. The average Bonchev–Trinajstić information content (AvgIpc) is 2.61. The van der Waals surface area contributed by atoms with Crippen LogP contribution in [0.25, 0.3) is 0 Å². The number of carboxylic acid groups (broad SMARTS) is 1. The number of aliphatic carboxylic acids is 1. The fourth-order valence-electron chi connectivity index (χ4n) is 6.95. The highest BCUT2D eigenvalue weighted by Crippen LogP contribution is 2.70. The molecule has 0 aliphatic heterocycles. The van der Waals surface area contributed by atoms with E-state index < -0.39 is 11.4 Å². The Kier molecular flexibility index (Phi) is 3.26. The summed E-state index contributed by atoms with van der Waals surface area (Å²) in [5, 5.41) is 29.6. The van der Waals surface area contributed by atoms with Crippen LogP contribution in [0.2, 0.25) is 0 Å². The van der Waals surface area contributed by atoms with Gasteiger partial charge in [0.2, 0.25) is 0 Å². The van der Waals surface area contributed by atoms with Crippen molar-refractivity contribution in [2.45, 2.75) is 49.4 Å². The SMILES string of the molecule is O=C(O)C12CC3CC(c4ccc(O)cc4)(C1)CC(c1ccc(O)cc1)(C3)C2. The van der Waals surface area contributed by atoms with Crippen LogP contribution in [-0.2, 0) is 15.6 Å². The molecule has 2 unspecified atom stereocenters. The Labute approximate surface area is 158 Å². The zero-order valence-electron chi connectivity index (χ0n) is 15.2. The molecule has 0 spiro atoms. The molecule has 27 heavy (non-hydrogen) atoms. The van der Waals surface area contributed by atoms with Gasteiger partial charge in [-0.1, -0.05) is 24.3 Å². The minimum atomic E-state index is -0.685. The summed E-state index contributed by atoms with van der Waals surface area (Å²) in [7, 11) is 0. The van der Waals surface area contributed by atoms with Gasteiger partial charge in [0, 0.05) is 0 Å². The van der Waals surface area contributed by atoms with E-state index in [-0.39, 0.29) is 22.3 Å². The normalized spacial score (nSPS) is 36.7. The number of aromatic hydroxyl groups is 2. The molecule has 4 saturated carbocycles. The Morgan fingerprint density at radius 3 is 1.59 bits per heavy atom. The summed E-state index contributed by atoms with van der Waals surface area (Å²) in [5.74, 6) is 0.201. The molecule has 4 heteroatoms. The van der Waals surface area contributed by atoms with Crippen LogP contribution < -0.4 is 0 Å². The van der Waals surface area contributed by atoms with Gasteiger partial charge in [0.1, 0.15) is 11.5 Å². The number of phenols is 2. The molecule has 140 valence electrons. The molecule has 0 radical (unpaired) electrons. The van der Waals surface area contributed by atoms with Gasteiger partial charge in [-0.25, -0.2) is 0 Å². The largest absolute Gasteiger partial charge is 0.508 e. The van der Waals surface area contributed by atoms with Crippen LogP contribution in [0.1, 0.15) is 49.7 Å². The van der Waals surface area contributed by atoms with E-state index in [9.17, 15) is 20.1 Å². The standard InChI is InChI=1S/C23H24O4/c24-18-5-1-16(2-6-18)21-9-15-10-22(12-21,17-3-7-19(25)8-4-17)14-23(11-15,13-21)20(26)27/h1-8,15,24-25H,9-14H2,(H,26,27). The van der Waals surface area contributed by atoms with E-state index >= 15 is 0 Å². The zero-order chi connectivity index (χ0) is 18.9. The molecule has 4 aliphatic carbocycles. The number of carboxylic acids is 1. The minimum Gasteiger partial charge on any atom is -0.508 e. The Balaban J connectivity index is 1.67. The van der Waals surface area contributed by atoms with Gasteiger partial charge in [0.05, 0.1) is 5.41 Å². The highest BCUT2D eigenvalue weighted by Gasteiger charge is 2.66. The first-order valence-corrected chi connectivity index (χ1v) is 9.67. The van der Waals surface area contributed by atoms with Crippen molar-refractivity contribution < 1.29 is 20.1 Å². The lowest BCUT2D eigenvalue weighted by atomic mass is 9.37. The van der Waals surface area contributed by atoms with Crippen molar-refractivity contribution in [1.82, 2.24) is 0 Å². The van der Waals surface area contributed by atoms with Crippen LogP contribution in [0, 0.1) is 11.3 Å². The van der Waals surface area contributed by atoms with E-state index in [4.69, 9.17) is 0 Å². The van der Waals surface area contributed by atoms with Gasteiger partial charge in [-0.05, 0) is 90.7 Å². The predicted molar refractivity (Wildman–Crippen MR) is 101 cm³/mol. The van der Waals surface area contributed by atoms with E-state index in [1.165, 1.54) is 0 Å². The molecule has 6 rings (SSSR count). The lowest BCUT2D eigenvalue weighted by Gasteiger charge is -2.65. The lowest BCUT2D eigenvalue weighted by Crippen LogP contribution is -2.62. The first-order valence-electron chi connectivity index (χ1n) is 9.67. The van der Waals surface area contributed by atoms with Crippen molar-refractivity contribution in [2.24, 2.45) is 11.3 Å². The molecule has 2 aromatic rings. The molecule has 0 amide bonds. The number of phenolic OH excluding ortho intramolecular Hbond substituents is 2. The smallest absolute Gasteiger partial charge is 0.309 e. The molecule has 4 nitrogen and oxygen atoms in total. The number of carbonyl (C=O) groups is 1. The van der Waals surface area contributed by atoms with Crippen LogP contribution in [0.4, 0.5) is 0 Å². The van der Waals surface area contributed by atoms with Gasteiger partial charge >= 0.3 is 5.97 Å². The second-order valence-corrected chi connectivity index (χ2v) is 9.25. The van der Waals surface area contributed by atoms with Gasteiger partial charge in [-0.3, -0.25) is 4.79 Å². The Morgan fingerprint density at radius 1 is 0.741 bits per heavy atom. The van der Waals surface area contributed by atoms with Crippen molar-refractivity contribution in [3.05, 3.63) is 59.7 Å². The summed E-state index contributed by atoms with van der Waals surface area (Å²) in [4.78, 5) is 12.4. The maximum absolute atomic E-state index is 12.4. The number of hydrogen-bond acceptors (Lipinski definition) is 3. The summed E-state index contributed by atoms with van der Waals surface area (Å²) >= 11 is 0. The van der Waals surface area contributed by atoms with E-state index in [0.29, 0.717) is 18.8 Å². The molecule has 2 aromatic carbocycles. The second-order valence-electron chi connectivity index (χ2n) is 9.25. The Morgan fingerprint density at radius 2 is 1.19 bits per heavy atom. The highest BCUT2D eigenvalue weighted by molar-refractivity contribution is 5.76. The zero-order valence-corrected chi connectivity index (χ0v) is 15.2. The third-order valence-electron chi connectivity index (χ3n) is 7.48. The van der Waals surface area contributed by atoms with E-state index in [0.717, 1.165) is 36.8 Å². The number of rotatable bonds is 3. The van der Waals surface area contributed by atoms with Gasteiger partial charge in [0.25, 0.3) is 0 Å². The van der Waals surface area contributed by atoms with E-state index in [1.54, 1.807) is 24.3 Å². The molecule has 0 saturated heterocycles. The Hall–Kier alpha value is -2.49. The average molecular weight is 364 g/mol. The summed E-state index contributed by atoms with van der Waals surface area (Å²) in [5.41, 5.74) is 1.29. The van der Waals surface area contributed by atoms with Crippen molar-refractivity contribution in [3.63, 3.8) is 0 Å². The van der Waals surface area contributed by atoms with Crippen LogP contribution in [0.5, 0.6) is 11.5 Å². The van der Waals surface area contributed by atoms with Crippen molar-refractivity contribution in [1.29, 1.82) is 0 Å². The molecule has 3 N–H and O–H groups in total. The third kappa shape index (κ3) is 2.32. The van der Waals surface area contributed by atoms with Crippen molar-refractivity contribution in [3.8, 4) is 11.5 Å². The molecular weight excluding hydrogens is 340 g/mol. The quantitative estimate of drug-likeness (QED) is 0.757. The molecule has 2 atom stereocenters. The van der Waals surface area contributed by atoms with Gasteiger partial charge in [-0.15, -0.1) is 0 Å². The van der Waals surface area contributed by atoms with Crippen LogP contribution >= 0.6 is 0 Å². The van der Waals surface area contributed by atoms with Gasteiger partial charge in [0.15, 0.2) is 0 Å². The lowest BCUT2D eigenvalue weighted by molar-refractivity contribution is -0.170. The first-order chi connectivity index (χ1) is 12.8. The summed E-state index contributed by atoms with van der Waals surface area (Å²) in [6.07, 6.45) is 5.09. The fourth-order valence-corrected chi connectivity index (χ4v) is 6.95. The van der Waals surface area contributed by atoms with Crippen molar-refractivity contribution in [2.75, 3.05) is 0 Å². The topological polar surface area (TPSA) is 77.8 Å². The number of benzene rings is 2.